The fraction of sp³-hybridized carbons (Fsp3) is 0.720. The van der Waals surface area contributed by atoms with Gasteiger partial charge in [0.25, 0.3) is 0 Å². The van der Waals surface area contributed by atoms with E-state index in [0.29, 0.717) is 12.1 Å². The molecule has 2 aliphatic heterocycles. The summed E-state index contributed by atoms with van der Waals surface area (Å²) < 4.78 is 0. The molecule has 0 aliphatic carbocycles. The third-order valence-electron chi connectivity index (χ3n) is 6.76. The van der Waals surface area contributed by atoms with Crippen molar-refractivity contribution in [2.24, 2.45) is 4.99 Å². The Morgan fingerprint density at radius 3 is 2.45 bits per heavy atom. The predicted octanol–water partition coefficient (Wildman–Crippen LogP) is 2.94. The summed E-state index contributed by atoms with van der Waals surface area (Å²) in [6.07, 6.45) is 4.83. The zero-order chi connectivity index (χ0) is 22.1. The molecule has 0 radical (unpaired) electrons. The number of anilines is 1. The van der Waals surface area contributed by atoms with Crippen molar-refractivity contribution in [1.82, 2.24) is 20.4 Å². The van der Waals surface area contributed by atoms with E-state index in [4.69, 9.17) is 0 Å². The van der Waals surface area contributed by atoms with Gasteiger partial charge in [-0.2, -0.15) is 0 Å². The van der Waals surface area contributed by atoms with E-state index >= 15 is 0 Å². The summed E-state index contributed by atoms with van der Waals surface area (Å²) in [5.41, 5.74) is 2.72. The van der Waals surface area contributed by atoms with Crippen LogP contribution < -0.4 is 15.5 Å². The maximum Gasteiger partial charge on any atom is 0.191 e. The Morgan fingerprint density at radius 1 is 1.06 bits per heavy atom. The van der Waals surface area contributed by atoms with Gasteiger partial charge in [0.15, 0.2) is 5.96 Å². The summed E-state index contributed by atoms with van der Waals surface area (Å²) in [6, 6.07) is 10.1. The van der Waals surface area contributed by atoms with E-state index < -0.39 is 0 Å². The molecule has 6 nitrogen and oxygen atoms in total. The predicted molar refractivity (Wildman–Crippen MR) is 133 cm³/mol. The van der Waals surface area contributed by atoms with Crippen LogP contribution in [0.4, 0.5) is 5.69 Å². The van der Waals surface area contributed by atoms with Gasteiger partial charge >= 0.3 is 0 Å². The first-order valence-corrected chi connectivity index (χ1v) is 12.3. The smallest absolute Gasteiger partial charge is 0.191 e. The van der Waals surface area contributed by atoms with Crippen molar-refractivity contribution in [3.05, 3.63) is 29.8 Å². The average molecular weight is 429 g/mol. The number of nitrogens with zero attached hydrogens (tertiary/aromatic N) is 4. The summed E-state index contributed by atoms with van der Waals surface area (Å²) >= 11 is 0. The van der Waals surface area contributed by atoms with Crippen LogP contribution in [0.2, 0.25) is 0 Å². The number of aliphatic imine (C=N–C) groups is 1. The van der Waals surface area contributed by atoms with Gasteiger partial charge in [-0.15, -0.1) is 0 Å². The molecule has 6 heteroatoms. The third kappa shape index (κ3) is 7.69. The summed E-state index contributed by atoms with van der Waals surface area (Å²) in [5.74, 6) is 0.967. The normalized spacial score (nSPS) is 19.8. The molecule has 174 valence electrons. The zero-order valence-electron chi connectivity index (χ0n) is 20.2. The number of benzene rings is 1. The van der Waals surface area contributed by atoms with Crippen LogP contribution >= 0.6 is 0 Å². The van der Waals surface area contributed by atoms with E-state index in [0.717, 1.165) is 25.6 Å². The third-order valence-corrected chi connectivity index (χ3v) is 6.76. The lowest BCUT2D eigenvalue weighted by atomic mass is 10.0. The molecule has 1 aromatic rings. The molecule has 2 saturated heterocycles. The largest absolute Gasteiger partial charge is 0.369 e. The van der Waals surface area contributed by atoms with Crippen molar-refractivity contribution < 1.29 is 0 Å². The number of hydrogen-bond acceptors (Lipinski definition) is 4. The van der Waals surface area contributed by atoms with Gasteiger partial charge in [-0.05, 0) is 70.7 Å². The Kier molecular flexibility index (Phi) is 9.47. The van der Waals surface area contributed by atoms with Gasteiger partial charge in [0.2, 0.25) is 0 Å². The minimum absolute atomic E-state index is 0.547. The van der Waals surface area contributed by atoms with Crippen LogP contribution in [0.5, 0.6) is 0 Å². The molecule has 2 heterocycles. The molecule has 2 aliphatic rings. The lowest BCUT2D eigenvalue weighted by Gasteiger charge is -2.36. The molecule has 2 N–H and O–H groups in total. The lowest BCUT2D eigenvalue weighted by Crippen LogP contribution is -2.50. The van der Waals surface area contributed by atoms with Crippen molar-refractivity contribution in [3.8, 4) is 0 Å². The second-order valence-electron chi connectivity index (χ2n) is 9.42. The monoisotopic (exact) mass is 428 g/mol. The van der Waals surface area contributed by atoms with Gasteiger partial charge < -0.3 is 20.4 Å². The van der Waals surface area contributed by atoms with Crippen molar-refractivity contribution in [2.45, 2.75) is 58.5 Å². The first-order chi connectivity index (χ1) is 15.0. The van der Waals surface area contributed by atoms with Crippen molar-refractivity contribution in [2.75, 3.05) is 64.3 Å². The summed E-state index contributed by atoms with van der Waals surface area (Å²) in [7, 11) is 1.88. The Hall–Kier alpha value is -1.79. The van der Waals surface area contributed by atoms with Gasteiger partial charge in [0, 0.05) is 70.6 Å². The Bertz CT molecular complexity index is 672. The van der Waals surface area contributed by atoms with Crippen LogP contribution in [0, 0.1) is 6.92 Å². The molecule has 0 saturated carbocycles. The first-order valence-electron chi connectivity index (χ1n) is 12.3. The SMILES string of the molecule is CN=C(NCCCCN1CCN(c2cccc(C)c2)CC1)NC1CCN(C(C)C)CC1. The van der Waals surface area contributed by atoms with Gasteiger partial charge in [0.1, 0.15) is 0 Å². The van der Waals surface area contributed by atoms with Gasteiger partial charge in [0.05, 0.1) is 0 Å². The number of piperidine rings is 1. The maximum absolute atomic E-state index is 4.43. The van der Waals surface area contributed by atoms with Crippen LogP contribution in [-0.4, -0.2) is 87.2 Å². The first kappa shape index (κ1) is 23.9. The summed E-state index contributed by atoms with van der Waals surface area (Å²) in [4.78, 5) is 12.1. The number of rotatable bonds is 8. The van der Waals surface area contributed by atoms with E-state index in [9.17, 15) is 0 Å². The highest BCUT2D eigenvalue weighted by molar-refractivity contribution is 5.79. The second kappa shape index (κ2) is 12.3. The Balaban J connectivity index is 1.26. The number of piperazine rings is 1. The van der Waals surface area contributed by atoms with Crippen LogP contribution in [0.3, 0.4) is 0 Å². The van der Waals surface area contributed by atoms with E-state index in [2.05, 4.69) is 75.4 Å². The molecule has 0 atom stereocenters. The molecule has 0 bridgehead atoms. The van der Waals surface area contributed by atoms with E-state index in [1.54, 1.807) is 0 Å². The summed E-state index contributed by atoms with van der Waals surface area (Å²) in [5, 5.41) is 7.15. The lowest BCUT2D eigenvalue weighted by molar-refractivity contribution is 0.167. The molecule has 0 aromatic heterocycles. The van der Waals surface area contributed by atoms with E-state index in [-0.39, 0.29) is 0 Å². The fourth-order valence-electron chi connectivity index (χ4n) is 4.67. The fourth-order valence-corrected chi connectivity index (χ4v) is 4.67. The van der Waals surface area contributed by atoms with Gasteiger partial charge in [-0.3, -0.25) is 9.89 Å². The molecule has 0 unspecified atom stereocenters. The topological polar surface area (TPSA) is 46.1 Å². The van der Waals surface area contributed by atoms with E-state index in [1.165, 1.54) is 69.7 Å². The molecule has 1 aromatic carbocycles. The molecule has 0 spiro atoms. The Morgan fingerprint density at radius 2 is 1.81 bits per heavy atom. The number of guanidine groups is 1. The number of likely N-dealkylation sites (tertiary alicyclic amines) is 1. The number of unbranched alkanes of at least 4 members (excludes halogenated alkanes) is 1. The number of aryl methyl sites for hydroxylation is 1. The van der Waals surface area contributed by atoms with Crippen molar-refractivity contribution >= 4 is 11.6 Å². The van der Waals surface area contributed by atoms with Crippen LogP contribution in [0.15, 0.2) is 29.3 Å². The molecule has 31 heavy (non-hydrogen) atoms. The van der Waals surface area contributed by atoms with Gasteiger partial charge in [-0.25, -0.2) is 0 Å². The Labute approximate surface area is 190 Å². The molecule has 0 amide bonds. The molecular weight excluding hydrogens is 384 g/mol. The van der Waals surface area contributed by atoms with Crippen molar-refractivity contribution in [3.63, 3.8) is 0 Å². The van der Waals surface area contributed by atoms with Crippen molar-refractivity contribution in [1.29, 1.82) is 0 Å². The minimum Gasteiger partial charge on any atom is -0.369 e. The highest BCUT2D eigenvalue weighted by atomic mass is 15.3. The minimum atomic E-state index is 0.547. The summed E-state index contributed by atoms with van der Waals surface area (Å²) in [6.45, 7) is 15.9. The molecule has 3 rings (SSSR count). The highest BCUT2D eigenvalue weighted by Crippen LogP contribution is 2.18. The van der Waals surface area contributed by atoms with Crippen LogP contribution in [-0.2, 0) is 0 Å². The number of hydrogen-bond donors (Lipinski definition) is 2. The van der Waals surface area contributed by atoms with Crippen LogP contribution in [0.25, 0.3) is 0 Å². The molecular formula is C25H44N6. The maximum atomic E-state index is 4.43. The standard InChI is InChI=1S/C25H44N6/c1-21(2)30-14-10-23(11-15-30)28-25(26-4)27-12-5-6-13-29-16-18-31(19-17-29)24-9-7-8-22(3)20-24/h7-9,20-21,23H,5-6,10-19H2,1-4H3,(H2,26,27,28). The average Bonchev–Trinajstić information content (AvgIpc) is 2.79. The van der Waals surface area contributed by atoms with Crippen LogP contribution in [0.1, 0.15) is 45.1 Å². The second-order valence-corrected chi connectivity index (χ2v) is 9.42. The highest BCUT2D eigenvalue weighted by Gasteiger charge is 2.21. The molecule has 2 fully saturated rings. The quantitative estimate of drug-likeness (QED) is 0.379. The van der Waals surface area contributed by atoms with Gasteiger partial charge in [-0.1, -0.05) is 12.1 Å². The van der Waals surface area contributed by atoms with E-state index in [1.807, 2.05) is 7.05 Å². The zero-order valence-corrected chi connectivity index (χ0v) is 20.2. The number of nitrogens with one attached hydrogen (secondary N) is 2.